The molecule has 0 amide bonds. The first-order chi connectivity index (χ1) is 6.25. The van der Waals surface area contributed by atoms with Gasteiger partial charge in [0.15, 0.2) is 0 Å². The highest BCUT2D eigenvalue weighted by molar-refractivity contribution is 9.10. The van der Waals surface area contributed by atoms with Gasteiger partial charge in [-0.3, -0.25) is 0 Å². The summed E-state index contributed by atoms with van der Waals surface area (Å²) < 4.78 is 6.21. The van der Waals surface area contributed by atoms with Gasteiger partial charge in [0.05, 0.1) is 11.1 Å². The molecule has 1 heterocycles. The van der Waals surface area contributed by atoms with Crippen molar-refractivity contribution in [1.82, 2.24) is 9.97 Å². The fourth-order valence-corrected chi connectivity index (χ4v) is 1.34. The molecule has 70 valence electrons. The van der Waals surface area contributed by atoms with Crippen LogP contribution in [0.3, 0.4) is 0 Å². The zero-order valence-electron chi connectivity index (χ0n) is 6.83. The fourth-order valence-electron chi connectivity index (χ4n) is 0.914. The second-order valence-corrected chi connectivity index (χ2v) is 4.24. The molecule has 1 saturated carbocycles. The number of hydrogen-bond acceptors (Lipinski definition) is 3. The van der Waals surface area contributed by atoms with E-state index in [9.17, 15) is 0 Å². The van der Waals surface area contributed by atoms with Crippen molar-refractivity contribution >= 4 is 27.5 Å². The summed E-state index contributed by atoms with van der Waals surface area (Å²) in [4.78, 5) is 7.77. The van der Waals surface area contributed by atoms with Crippen LogP contribution in [0.5, 0.6) is 5.88 Å². The molecule has 2 rings (SSSR count). The molecule has 0 spiro atoms. The lowest BCUT2D eigenvalue weighted by molar-refractivity contribution is 0.286. The van der Waals surface area contributed by atoms with Gasteiger partial charge >= 0.3 is 0 Å². The topological polar surface area (TPSA) is 35.0 Å². The summed E-state index contributed by atoms with van der Waals surface area (Å²) in [7, 11) is 0. The number of ether oxygens (including phenoxy) is 1. The van der Waals surface area contributed by atoms with E-state index >= 15 is 0 Å². The maximum atomic E-state index is 5.62. The largest absolute Gasteiger partial charge is 0.476 e. The zero-order valence-corrected chi connectivity index (χ0v) is 9.18. The van der Waals surface area contributed by atoms with Crippen molar-refractivity contribution in [3.05, 3.63) is 16.0 Å². The van der Waals surface area contributed by atoms with Crippen LogP contribution in [0.1, 0.15) is 12.8 Å². The predicted octanol–water partition coefficient (Wildman–Crippen LogP) is 2.68. The molecule has 1 aliphatic rings. The van der Waals surface area contributed by atoms with Gasteiger partial charge in [-0.1, -0.05) is 0 Å². The first-order valence-electron chi connectivity index (χ1n) is 4.06. The molecule has 3 nitrogen and oxygen atoms in total. The van der Waals surface area contributed by atoms with Crippen LogP contribution in [0.25, 0.3) is 0 Å². The van der Waals surface area contributed by atoms with Gasteiger partial charge in [0.1, 0.15) is 0 Å². The Labute approximate surface area is 89.6 Å². The summed E-state index contributed by atoms with van der Waals surface area (Å²) in [6.07, 6.45) is 4.12. The van der Waals surface area contributed by atoms with Gasteiger partial charge in [0.25, 0.3) is 0 Å². The summed E-state index contributed by atoms with van der Waals surface area (Å²) in [5.41, 5.74) is 0. The lowest BCUT2D eigenvalue weighted by Crippen LogP contribution is -2.01. The molecular weight excluding hydrogens is 255 g/mol. The Hall–Kier alpha value is -0.350. The third kappa shape index (κ3) is 2.54. The average molecular weight is 264 g/mol. The van der Waals surface area contributed by atoms with E-state index in [0.717, 1.165) is 11.1 Å². The summed E-state index contributed by atoms with van der Waals surface area (Å²) in [6, 6.07) is 0. The second-order valence-electron chi connectivity index (χ2n) is 3.05. The van der Waals surface area contributed by atoms with Crippen molar-refractivity contribution in [3.63, 3.8) is 0 Å². The second kappa shape index (κ2) is 3.80. The molecule has 0 unspecified atom stereocenters. The van der Waals surface area contributed by atoms with Crippen LogP contribution in [0.4, 0.5) is 0 Å². The maximum absolute atomic E-state index is 5.62. The number of nitrogens with zero attached hydrogens (tertiary/aromatic N) is 2. The van der Waals surface area contributed by atoms with Gasteiger partial charge in [-0.05, 0) is 46.3 Å². The third-order valence-corrected chi connectivity index (χ3v) is 2.56. The Kier molecular flexibility index (Phi) is 2.69. The molecule has 5 heteroatoms. The van der Waals surface area contributed by atoms with E-state index in [1.165, 1.54) is 12.8 Å². The molecule has 0 radical (unpaired) electrons. The van der Waals surface area contributed by atoms with E-state index in [1.807, 2.05) is 0 Å². The van der Waals surface area contributed by atoms with Crippen LogP contribution < -0.4 is 4.74 Å². The van der Waals surface area contributed by atoms with E-state index in [2.05, 4.69) is 25.9 Å². The molecule has 0 atom stereocenters. The van der Waals surface area contributed by atoms with E-state index in [1.54, 1.807) is 6.20 Å². The standard InChI is InChI=1S/C8H8BrClN2O/c9-6-3-11-8(10)12-7(6)13-4-5-1-2-5/h3,5H,1-2,4H2. The summed E-state index contributed by atoms with van der Waals surface area (Å²) in [5.74, 6) is 1.24. The quantitative estimate of drug-likeness (QED) is 0.787. The lowest BCUT2D eigenvalue weighted by atomic mass is 10.5. The average Bonchev–Trinajstić information content (AvgIpc) is 2.90. The van der Waals surface area contributed by atoms with Gasteiger partial charge < -0.3 is 4.74 Å². The molecule has 1 aromatic rings. The van der Waals surface area contributed by atoms with E-state index in [4.69, 9.17) is 16.3 Å². The van der Waals surface area contributed by atoms with Gasteiger partial charge in [-0.15, -0.1) is 0 Å². The molecule has 1 aliphatic carbocycles. The predicted molar refractivity (Wildman–Crippen MR) is 53.0 cm³/mol. The van der Waals surface area contributed by atoms with Crippen LogP contribution >= 0.6 is 27.5 Å². The minimum atomic E-state index is 0.217. The van der Waals surface area contributed by atoms with Gasteiger partial charge in [-0.25, -0.2) is 4.98 Å². The first kappa shape index (κ1) is 9.21. The third-order valence-electron chi connectivity index (χ3n) is 1.84. The Morgan fingerprint density at radius 1 is 1.62 bits per heavy atom. The number of halogens is 2. The molecular formula is C8H8BrClN2O. The molecule has 13 heavy (non-hydrogen) atoms. The Balaban J connectivity index is 2.03. The Morgan fingerprint density at radius 2 is 2.38 bits per heavy atom. The van der Waals surface area contributed by atoms with E-state index in [0.29, 0.717) is 11.8 Å². The van der Waals surface area contributed by atoms with Crippen LogP contribution in [0.15, 0.2) is 10.7 Å². The molecule has 0 bridgehead atoms. The van der Waals surface area contributed by atoms with Crippen LogP contribution in [0, 0.1) is 5.92 Å². The first-order valence-corrected chi connectivity index (χ1v) is 5.23. The maximum Gasteiger partial charge on any atom is 0.232 e. The molecule has 1 fully saturated rings. The highest BCUT2D eigenvalue weighted by Gasteiger charge is 2.22. The van der Waals surface area contributed by atoms with Crippen molar-refractivity contribution in [2.24, 2.45) is 5.92 Å². The normalized spacial score (nSPS) is 15.8. The minimum Gasteiger partial charge on any atom is -0.476 e. The molecule has 0 aromatic carbocycles. The highest BCUT2D eigenvalue weighted by Crippen LogP contribution is 2.30. The number of aromatic nitrogens is 2. The monoisotopic (exact) mass is 262 g/mol. The van der Waals surface area contributed by atoms with E-state index in [-0.39, 0.29) is 5.28 Å². The molecule has 0 aliphatic heterocycles. The van der Waals surface area contributed by atoms with Crippen molar-refractivity contribution in [2.75, 3.05) is 6.61 Å². The van der Waals surface area contributed by atoms with Crippen LogP contribution in [-0.4, -0.2) is 16.6 Å². The van der Waals surface area contributed by atoms with Gasteiger partial charge in [0.2, 0.25) is 11.2 Å². The SMILES string of the molecule is Clc1ncc(Br)c(OCC2CC2)n1. The van der Waals surface area contributed by atoms with Crippen molar-refractivity contribution in [3.8, 4) is 5.88 Å². The van der Waals surface area contributed by atoms with Gasteiger partial charge in [0, 0.05) is 6.20 Å². The smallest absolute Gasteiger partial charge is 0.232 e. The number of rotatable bonds is 3. The van der Waals surface area contributed by atoms with Crippen molar-refractivity contribution in [2.45, 2.75) is 12.8 Å². The summed E-state index contributed by atoms with van der Waals surface area (Å²) in [5, 5.41) is 0.217. The van der Waals surface area contributed by atoms with E-state index < -0.39 is 0 Å². The minimum absolute atomic E-state index is 0.217. The Bertz CT molecular complexity index is 317. The highest BCUT2D eigenvalue weighted by atomic mass is 79.9. The van der Waals surface area contributed by atoms with Crippen LogP contribution in [-0.2, 0) is 0 Å². The number of hydrogen-bond donors (Lipinski definition) is 0. The summed E-state index contributed by atoms with van der Waals surface area (Å²) in [6.45, 7) is 0.728. The van der Waals surface area contributed by atoms with Crippen molar-refractivity contribution in [1.29, 1.82) is 0 Å². The fraction of sp³-hybridized carbons (Fsp3) is 0.500. The van der Waals surface area contributed by atoms with Gasteiger partial charge in [-0.2, -0.15) is 4.98 Å². The molecule has 0 N–H and O–H groups in total. The zero-order chi connectivity index (χ0) is 9.26. The lowest BCUT2D eigenvalue weighted by Gasteiger charge is -2.05. The Morgan fingerprint density at radius 3 is 3.08 bits per heavy atom. The van der Waals surface area contributed by atoms with Crippen LogP contribution in [0.2, 0.25) is 5.28 Å². The molecule has 0 saturated heterocycles. The summed E-state index contributed by atoms with van der Waals surface area (Å²) >= 11 is 8.92. The van der Waals surface area contributed by atoms with Crippen molar-refractivity contribution < 1.29 is 4.74 Å². The molecule has 1 aromatic heterocycles.